The molecule has 0 saturated carbocycles. The van der Waals surface area contributed by atoms with Crippen molar-refractivity contribution in [3.8, 4) is 23.0 Å². The molecule has 0 aliphatic heterocycles. The number of alkyl halides is 6. The summed E-state index contributed by atoms with van der Waals surface area (Å²) in [7, 11) is 0. The molecule has 29 heavy (non-hydrogen) atoms. The summed E-state index contributed by atoms with van der Waals surface area (Å²) in [6.45, 7) is 0. The van der Waals surface area contributed by atoms with Gasteiger partial charge in [0.2, 0.25) is 0 Å². The number of carbonyl (C=O) groups excluding carboxylic acids is 1. The lowest BCUT2D eigenvalue weighted by atomic mass is 10.1. The van der Waals surface area contributed by atoms with E-state index in [1.54, 1.807) is 24.3 Å². The molecule has 0 N–H and O–H groups in total. The van der Waals surface area contributed by atoms with Crippen molar-refractivity contribution in [2.45, 2.75) is 18.5 Å². The van der Waals surface area contributed by atoms with E-state index >= 15 is 0 Å². The topological polar surface area (TPSA) is 69.9 Å². The number of pyridine rings is 1. The Morgan fingerprint density at radius 1 is 1.00 bits per heavy atom. The SMILES string of the molecule is O=Cc1ccc(-c2ncn(-c3ccc(OC(F)(F)C(F)C(F)(F)F)cn3)n2)cc1. The van der Waals surface area contributed by atoms with Crippen LogP contribution in [0.3, 0.4) is 0 Å². The maximum Gasteiger partial charge on any atom is 0.439 e. The van der Waals surface area contributed by atoms with Crippen LogP contribution in [0.5, 0.6) is 5.75 Å². The van der Waals surface area contributed by atoms with Crippen molar-refractivity contribution in [2.24, 2.45) is 0 Å². The molecule has 1 atom stereocenters. The van der Waals surface area contributed by atoms with Gasteiger partial charge in [0.1, 0.15) is 18.4 Å². The molecule has 2 heterocycles. The third-order valence-corrected chi connectivity index (χ3v) is 3.59. The highest BCUT2D eigenvalue weighted by molar-refractivity contribution is 5.76. The molecule has 0 amide bonds. The summed E-state index contributed by atoms with van der Waals surface area (Å²) in [5, 5.41) is 4.13. The standard InChI is InChI=1S/C17H10F6N4O2/c18-15(16(19,20)21)17(22,23)29-12-5-6-13(24-7-12)27-9-25-14(26-27)11-3-1-10(8-28)2-4-11/h1-9,15H. The van der Waals surface area contributed by atoms with E-state index in [9.17, 15) is 31.1 Å². The highest BCUT2D eigenvalue weighted by Crippen LogP contribution is 2.36. The molecule has 0 fully saturated rings. The Morgan fingerprint density at radius 3 is 2.24 bits per heavy atom. The van der Waals surface area contributed by atoms with Crippen LogP contribution >= 0.6 is 0 Å². The predicted molar refractivity (Wildman–Crippen MR) is 86.5 cm³/mol. The minimum absolute atomic E-state index is 0.0940. The summed E-state index contributed by atoms with van der Waals surface area (Å²) in [4.78, 5) is 18.5. The number of aldehydes is 1. The van der Waals surface area contributed by atoms with Gasteiger partial charge >= 0.3 is 12.3 Å². The summed E-state index contributed by atoms with van der Waals surface area (Å²) in [6, 6.07) is 8.37. The van der Waals surface area contributed by atoms with E-state index in [4.69, 9.17) is 0 Å². The van der Waals surface area contributed by atoms with Crippen LogP contribution in [0.2, 0.25) is 0 Å². The number of benzene rings is 1. The fourth-order valence-electron chi connectivity index (χ4n) is 2.18. The average molecular weight is 416 g/mol. The Balaban J connectivity index is 1.75. The zero-order chi connectivity index (χ0) is 21.2. The van der Waals surface area contributed by atoms with Crippen LogP contribution in [0, 0.1) is 0 Å². The summed E-state index contributed by atoms with van der Waals surface area (Å²) < 4.78 is 80.8. The molecule has 3 rings (SSSR count). The third-order valence-electron chi connectivity index (χ3n) is 3.59. The number of rotatable bonds is 6. The molecule has 3 aromatic rings. The van der Waals surface area contributed by atoms with Gasteiger partial charge in [0.25, 0.3) is 6.17 Å². The van der Waals surface area contributed by atoms with Crippen LogP contribution in [-0.4, -0.2) is 44.5 Å². The van der Waals surface area contributed by atoms with Gasteiger partial charge in [0.15, 0.2) is 11.6 Å². The first kappa shape index (κ1) is 20.3. The molecule has 0 saturated heterocycles. The maximum absolute atomic E-state index is 13.3. The van der Waals surface area contributed by atoms with Gasteiger partial charge in [-0.1, -0.05) is 24.3 Å². The number of hydrogen-bond donors (Lipinski definition) is 0. The van der Waals surface area contributed by atoms with E-state index in [1.165, 1.54) is 11.0 Å². The summed E-state index contributed by atoms with van der Waals surface area (Å²) >= 11 is 0. The quantitative estimate of drug-likeness (QED) is 0.449. The van der Waals surface area contributed by atoms with Gasteiger partial charge in [-0.25, -0.2) is 19.0 Å². The predicted octanol–water partition coefficient (Wildman–Crippen LogP) is 4.01. The molecule has 0 aliphatic rings. The van der Waals surface area contributed by atoms with E-state index in [-0.39, 0.29) is 11.6 Å². The molecule has 0 bridgehead atoms. The normalized spacial score (nSPS) is 13.2. The molecule has 0 aliphatic carbocycles. The zero-order valence-electron chi connectivity index (χ0n) is 14.1. The minimum Gasteiger partial charge on any atom is -0.428 e. The number of nitrogens with zero attached hydrogens (tertiary/aromatic N) is 4. The van der Waals surface area contributed by atoms with E-state index in [0.29, 0.717) is 23.6 Å². The molecule has 6 nitrogen and oxygen atoms in total. The summed E-state index contributed by atoms with van der Waals surface area (Å²) in [6.07, 6.45) is -12.7. The molecule has 1 unspecified atom stereocenters. The summed E-state index contributed by atoms with van der Waals surface area (Å²) in [5.74, 6) is -0.395. The maximum atomic E-state index is 13.3. The highest BCUT2D eigenvalue weighted by atomic mass is 19.4. The first-order chi connectivity index (χ1) is 13.6. The van der Waals surface area contributed by atoms with Gasteiger partial charge in [0.05, 0.1) is 6.20 Å². The first-order valence-corrected chi connectivity index (χ1v) is 7.81. The highest BCUT2D eigenvalue weighted by Gasteiger charge is 2.59. The number of ether oxygens (including phenoxy) is 1. The van der Waals surface area contributed by atoms with Crippen molar-refractivity contribution < 1.29 is 35.9 Å². The van der Waals surface area contributed by atoms with Crippen molar-refractivity contribution in [3.63, 3.8) is 0 Å². The van der Waals surface area contributed by atoms with Gasteiger partial charge in [0, 0.05) is 11.1 Å². The summed E-state index contributed by atoms with van der Waals surface area (Å²) in [5.41, 5.74) is 1.05. The second-order valence-electron chi connectivity index (χ2n) is 5.67. The smallest absolute Gasteiger partial charge is 0.428 e. The molecule has 1 aromatic carbocycles. The van der Waals surface area contributed by atoms with Crippen LogP contribution in [0.25, 0.3) is 17.2 Å². The number of hydrogen-bond acceptors (Lipinski definition) is 5. The zero-order valence-corrected chi connectivity index (χ0v) is 14.1. The van der Waals surface area contributed by atoms with Crippen LogP contribution in [-0.2, 0) is 0 Å². The molecule has 152 valence electrons. The van der Waals surface area contributed by atoms with Crippen LogP contribution in [0.1, 0.15) is 10.4 Å². The lowest BCUT2D eigenvalue weighted by Crippen LogP contribution is -2.45. The largest absolute Gasteiger partial charge is 0.439 e. The lowest BCUT2D eigenvalue weighted by molar-refractivity contribution is -0.305. The molecule has 2 aromatic heterocycles. The fraction of sp³-hybridized carbons (Fsp3) is 0.176. The van der Waals surface area contributed by atoms with E-state index in [2.05, 4.69) is 19.8 Å². The molecular weight excluding hydrogens is 406 g/mol. The molecule has 0 radical (unpaired) electrons. The molecule has 12 heteroatoms. The molecular formula is C17H10F6N4O2. The van der Waals surface area contributed by atoms with E-state index in [0.717, 1.165) is 12.1 Å². The minimum atomic E-state index is -5.78. The number of carbonyl (C=O) groups is 1. The Morgan fingerprint density at radius 2 is 1.69 bits per heavy atom. The Hall–Kier alpha value is -3.44. The van der Waals surface area contributed by atoms with Crippen molar-refractivity contribution in [2.75, 3.05) is 0 Å². The fourth-order valence-corrected chi connectivity index (χ4v) is 2.18. The number of aromatic nitrogens is 4. The first-order valence-electron chi connectivity index (χ1n) is 7.81. The second-order valence-corrected chi connectivity index (χ2v) is 5.67. The van der Waals surface area contributed by atoms with Crippen LogP contribution in [0.4, 0.5) is 26.3 Å². The van der Waals surface area contributed by atoms with Crippen LogP contribution < -0.4 is 4.74 Å². The van der Waals surface area contributed by atoms with Gasteiger partial charge < -0.3 is 4.74 Å². The van der Waals surface area contributed by atoms with Crippen molar-refractivity contribution in [1.82, 2.24) is 19.7 Å². The Bertz CT molecular complexity index is 986. The van der Waals surface area contributed by atoms with Gasteiger partial charge in [-0.05, 0) is 12.1 Å². The molecule has 0 spiro atoms. The van der Waals surface area contributed by atoms with Crippen LogP contribution in [0.15, 0.2) is 48.9 Å². The second kappa shape index (κ2) is 7.53. The van der Waals surface area contributed by atoms with Gasteiger partial charge in [-0.2, -0.15) is 22.0 Å². The van der Waals surface area contributed by atoms with Gasteiger partial charge in [-0.15, -0.1) is 5.10 Å². The third kappa shape index (κ3) is 4.52. The van der Waals surface area contributed by atoms with Crippen molar-refractivity contribution in [3.05, 3.63) is 54.5 Å². The Kier molecular flexibility index (Phi) is 5.27. The average Bonchev–Trinajstić information content (AvgIpc) is 3.17. The Labute approximate surface area is 158 Å². The van der Waals surface area contributed by atoms with E-state index < -0.39 is 24.2 Å². The van der Waals surface area contributed by atoms with Crippen molar-refractivity contribution in [1.29, 1.82) is 0 Å². The monoisotopic (exact) mass is 416 g/mol. The van der Waals surface area contributed by atoms with E-state index in [1.807, 2.05) is 0 Å². The number of halogens is 6. The van der Waals surface area contributed by atoms with Crippen molar-refractivity contribution >= 4 is 6.29 Å². The lowest BCUT2D eigenvalue weighted by Gasteiger charge is -2.22. The van der Waals surface area contributed by atoms with Gasteiger partial charge in [-0.3, -0.25) is 4.79 Å².